The molecule has 0 fully saturated rings. The van der Waals surface area contributed by atoms with E-state index in [4.69, 9.17) is 10.4 Å². The normalized spacial score (nSPS) is 9.95. The number of carboxylic acids is 1. The van der Waals surface area contributed by atoms with Gasteiger partial charge in [0.2, 0.25) is 0 Å². The van der Waals surface area contributed by atoms with Crippen LogP contribution in [0.25, 0.3) is 0 Å². The summed E-state index contributed by atoms with van der Waals surface area (Å²) in [6, 6.07) is 14.5. The first-order valence-corrected chi connectivity index (χ1v) is 7.03. The van der Waals surface area contributed by atoms with E-state index in [2.05, 4.69) is 22.0 Å². The molecule has 2 aromatic rings. The molecule has 0 aliphatic carbocycles. The molecule has 2 aromatic carbocycles. The largest absolute Gasteiger partial charge is 0.478 e. The molecule has 1 N–H and O–H groups in total. The van der Waals surface area contributed by atoms with Gasteiger partial charge < -0.3 is 10.0 Å². The van der Waals surface area contributed by atoms with Gasteiger partial charge in [-0.05, 0) is 51.8 Å². The van der Waals surface area contributed by atoms with E-state index in [1.54, 1.807) is 30.3 Å². The van der Waals surface area contributed by atoms with E-state index < -0.39 is 5.97 Å². The van der Waals surface area contributed by atoms with Crippen molar-refractivity contribution in [3.63, 3.8) is 0 Å². The van der Waals surface area contributed by atoms with Crippen LogP contribution in [0.4, 0.5) is 5.69 Å². The highest BCUT2D eigenvalue weighted by Gasteiger charge is 2.07. The highest BCUT2D eigenvalue weighted by molar-refractivity contribution is 9.10. The lowest BCUT2D eigenvalue weighted by atomic mass is 10.1. The van der Waals surface area contributed by atoms with E-state index in [0.717, 1.165) is 15.7 Å². The number of carboxylic acid groups (broad SMARTS) is 1. The quantitative estimate of drug-likeness (QED) is 0.919. The molecule has 0 radical (unpaired) electrons. The number of anilines is 1. The second kappa shape index (κ2) is 6.42. The highest BCUT2D eigenvalue weighted by Crippen LogP contribution is 2.24. The van der Waals surface area contributed by atoms with E-state index in [9.17, 15) is 4.79 Å². The molecule has 0 saturated carbocycles. The summed E-state index contributed by atoms with van der Waals surface area (Å²) in [6.45, 7) is 0.651. The Kier molecular flexibility index (Phi) is 4.61. The molecule has 4 nitrogen and oxygen atoms in total. The average molecular weight is 345 g/mol. The first-order valence-electron chi connectivity index (χ1n) is 6.24. The minimum atomic E-state index is -0.925. The van der Waals surface area contributed by atoms with Crippen LogP contribution in [-0.4, -0.2) is 18.1 Å². The fourth-order valence-corrected chi connectivity index (χ4v) is 2.41. The Balaban J connectivity index is 2.14. The first kappa shape index (κ1) is 15.1. The van der Waals surface area contributed by atoms with Crippen LogP contribution in [0.15, 0.2) is 46.9 Å². The molecule has 0 atom stereocenters. The van der Waals surface area contributed by atoms with Crippen LogP contribution in [0.3, 0.4) is 0 Å². The Bertz CT molecular complexity index is 705. The molecule has 21 heavy (non-hydrogen) atoms. The summed E-state index contributed by atoms with van der Waals surface area (Å²) in [6.07, 6.45) is 0. The highest BCUT2D eigenvalue weighted by atomic mass is 79.9. The SMILES string of the molecule is CN(Cc1ccc(C(=O)O)cc1)c1ccc(C#N)c(Br)c1. The van der Waals surface area contributed by atoms with Crippen LogP contribution < -0.4 is 4.90 Å². The Morgan fingerprint density at radius 1 is 1.29 bits per heavy atom. The van der Waals surface area contributed by atoms with E-state index in [-0.39, 0.29) is 5.56 Å². The van der Waals surface area contributed by atoms with Crippen molar-refractivity contribution >= 4 is 27.6 Å². The standard InChI is InChI=1S/C16H13BrN2O2/c1-19(14-7-6-13(9-18)15(17)8-14)10-11-2-4-12(5-3-11)16(20)21/h2-8H,10H2,1H3,(H,20,21). The molecule has 0 aromatic heterocycles. The van der Waals surface area contributed by atoms with Crippen molar-refractivity contribution in [3.05, 3.63) is 63.6 Å². The lowest BCUT2D eigenvalue weighted by molar-refractivity contribution is 0.0697. The van der Waals surface area contributed by atoms with E-state index in [1.165, 1.54) is 0 Å². The summed E-state index contributed by atoms with van der Waals surface area (Å²) in [4.78, 5) is 12.8. The van der Waals surface area contributed by atoms with Gasteiger partial charge in [-0.25, -0.2) is 4.79 Å². The number of nitriles is 1. The van der Waals surface area contributed by atoms with Gasteiger partial charge in [0.05, 0.1) is 11.1 Å². The number of halogens is 1. The lowest BCUT2D eigenvalue weighted by Gasteiger charge is -2.20. The summed E-state index contributed by atoms with van der Waals surface area (Å²) in [5.41, 5.74) is 2.87. The predicted molar refractivity (Wildman–Crippen MR) is 84.4 cm³/mol. The molecule has 0 bridgehead atoms. The van der Waals surface area contributed by atoms with Gasteiger partial charge in [-0.3, -0.25) is 0 Å². The summed E-state index contributed by atoms with van der Waals surface area (Å²) in [5.74, 6) is -0.925. The maximum Gasteiger partial charge on any atom is 0.335 e. The summed E-state index contributed by atoms with van der Waals surface area (Å²) >= 11 is 3.37. The molecule has 0 saturated heterocycles. The van der Waals surface area contributed by atoms with Gasteiger partial charge in [0.25, 0.3) is 0 Å². The molecule has 0 aliphatic heterocycles. The van der Waals surface area contributed by atoms with Crippen LogP contribution >= 0.6 is 15.9 Å². The maximum absolute atomic E-state index is 10.8. The van der Waals surface area contributed by atoms with Crippen molar-refractivity contribution < 1.29 is 9.90 Å². The summed E-state index contributed by atoms with van der Waals surface area (Å²) < 4.78 is 0.760. The molecule has 0 aliphatic rings. The second-order valence-electron chi connectivity index (χ2n) is 4.63. The molecular formula is C16H13BrN2O2. The van der Waals surface area contributed by atoms with Crippen molar-refractivity contribution in [2.24, 2.45) is 0 Å². The molecular weight excluding hydrogens is 332 g/mol. The number of nitrogens with zero attached hydrogens (tertiary/aromatic N) is 2. The molecule has 5 heteroatoms. The molecule has 0 spiro atoms. The van der Waals surface area contributed by atoms with Gasteiger partial charge in [-0.15, -0.1) is 0 Å². The topological polar surface area (TPSA) is 64.3 Å². The third kappa shape index (κ3) is 3.61. The fraction of sp³-hybridized carbons (Fsp3) is 0.125. The van der Waals surface area contributed by atoms with Crippen molar-refractivity contribution in [2.45, 2.75) is 6.54 Å². The number of carbonyl (C=O) groups is 1. The minimum Gasteiger partial charge on any atom is -0.478 e. The Labute approximate surface area is 131 Å². The number of hydrogen-bond donors (Lipinski definition) is 1. The van der Waals surface area contributed by atoms with Gasteiger partial charge in [0.15, 0.2) is 0 Å². The van der Waals surface area contributed by atoms with Crippen LogP contribution in [0.5, 0.6) is 0 Å². The number of rotatable bonds is 4. The van der Waals surface area contributed by atoms with Gasteiger partial charge in [-0.2, -0.15) is 5.26 Å². The Morgan fingerprint density at radius 3 is 2.48 bits per heavy atom. The zero-order chi connectivity index (χ0) is 15.4. The summed E-state index contributed by atoms with van der Waals surface area (Å²) in [7, 11) is 1.94. The van der Waals surface area contributed by atoms with E-state index in [1.807, 2.05) is 24.1 Å². The van der Waals surface area contributed by atoms with Crippen LogP contribution in [0.1, 0.15) is 21.5 Å². The second-order valence-corrected chi connectivity index (χ2v) is 5.49. The maximum atomic E-state index is 10.8. The fourth-order valence-electron chi connectivity index (χ4n) is 1.95. The van der Waals surface area contributed by atoms with Crippen molar-refractivity contribution in [1.82, 2.24) is 0 Å². The zero-order valence-electron chi connectivity index (χ0n) is 11.4. The number of aromatic carboxylic acids is 1. The number of hydrogen-bond acceptors (Lipinski definition) is 3. The van der Waals surface area contributed by atoms with Gasteiger partial charge >= 0.3 is 5.97 Å². The molecule has 0 amide bonds. The van der Waals surface area contributed by atoms with E-state index in [0.29, 0.717) is 12.1 Å². The minimum absolute atomic E-state index is 0.280. The van der Waals surface area contributed by atoms with Crippen LogP contribution in [0.2, 0.25) is 0 Å². The van der Waals surface area contributed by atoms with Gasteiger partial charge in [0, 0.05) is 23.8 Å². The van der Waals surface area contributed by atoms with Crippen molar-refractivity contribution in [2.75, 3.05) is 11.9 Å². The summed E-state index contributed by atoms with van der Waals surface area (Å²) in [5, 5.41) is 17.8. The Hall–Kier alpha value is -2.32. The average Bonchev–Trinajstić information content (AvgIpc) is 2.47. The molecule has 0 unspecified atom stereocenters. The third-order valence-electron chi connectivity index (χ3n) is 3.13. The van der Waals surface area contributed by atoms with E-state index >= 15 is 0 Å². The Morgan fingerprint density at radius 2 is 1.95 bits per heavy atom. The third-order valence-corrected chi connectivity index (χ3v) is 3.79. The lowest BCUT2D eigenvalue weighted by Crippen LogP contribution is -2.16. The van der Waals surface area contributed by atoms with Gasteiger partial charge in [-0.1, -0.05) is 12.1 Å². The zero-order valence-corrected chi connectivity index (χ0v) is 13.0. The van der Waals surface area contributed by atoms with Crippen LogP contribution in [-0.2, 0) is 6.54 Å². The predicted octanol–water partition coefficient (Wildman–Crippen LogP) is 3.66. The first-order chi connectivity index (χ1) is 10.0. The molecule has 2 rings (SSSR count). The smallest absolute Gasteiger partial charge is 0.335 e. The van der Waals surface area contributed by atoms with Crippen molar-refractivity contribution in [1.29, 1.82) is 5.26 Å². The van der Waals surface area contributed by atoms with Gasteiger partial charge in [0.1, 0.15) is 6.07 Å². The molecule has 106 valence electrons. The molecule has 0 heterocycles. The van der Waals surface area contributed by atoms with Crippen molar-refractivity contribution in [3.8, 4) is 6.07 Å². The number of benzene rings is 2. The van der Waals surface area contributed by atoms with Crippen LogP contribution in [0, 0.1) is 11.3 Å². The monoisotopic (exact) mass is 344 g/mol.